The molecule has 1 amide bonds. The lowest BCUT2D eigenvalue weighted by Gasteiger charge is -2.25. The zero-order chi connectivity index (χ0) is 22.0. The van der Waals surface area contributed by atoms with Crippen molar-refractivity contribution in [3.8, 4) is 0 Å². The van der Waals surface area contributed by atoms with Gasteiger partial charge in [-0.1, -0.05) is 40.8 Å². The van der Waals surface area contributed by atoms with E-state index < -0.39 is 0 Å². The van der Waals surface area contributed by atoms with Crippen molar-refractivity contribution in [3.63, 3.8) is 0 Å². The highest BCUT2D eigenvalue weighted by Gasteiger charge is 2.23. The zero-order valence-corrected chi connectivity index (χ0v) is 20.6. The standard InChI is InChI=1S/C20H22ClN5O2S3/c1-12-8-13(2)17(16(21)9-12)26(14(3)27)18-22-15(10-29-18)11-30-20-24-23-19(31-20)25-4-6-28-7-5-25/h8-10H,4-7,11H2,1-3H3. The van der Waals surface area contributed by atoms with Crippen LogP contribution >= 0.6 is 46.0 Å². The average molecular weight is 496 g/mol. The predicted molar refractivity (Wildman–Crippen MR) is 128 cm³/mol. The third-order valence-corrected chi connectivity index (χ3v) is 8.00. The summed E-state index contributed by atoms with van der Waals surface area (Å²) in [6.45, 7) is 8.60. The number of carbonyl (C=O) groups excluding carboxylic acids is 1. The van der Waals surface area contributed by atoms with E-state index in [1.807, 2.05) is 31.4 Å². The molecule has 0 bridgehead atoms. The first-order chi connectivity index (χ1) is 14.9. The zero-order valence-electron chi connectivity index (χ0n) is 17.4. The number of nitrogens with zero attached hydrogens (tertiary/aromatic N) is 5. The van der Waals surface area contributed by atoms with E-state index in [2.05, 4.69) is 15.1 Å². The first-order valence-electron chi connectivity index (χ1n) is 9.73. The Labute approximate surface area is 198 Å². The fraction of sp³-hybridized carbons (Fsp3) is 0.400. The highest BCUT2D eigenvalue weighted by molar-refractivity contribution is 8.00. The molecule has 0 unspecified atom stereocenters. The van der Waals surface area contributed by atoms with Crippen LogP contribution in [0.5, 0.6) is 0 Å². The highest BCUT2D eigenvalue weighted by atomic mass is 35.5. The molecule has 0 atom stereocenters. The number of morpholine rings is 1. The average Bonchev–Trinajstić information content (AvgIpc) is 3.39. The van der Waals surface area contributed by atoms with Crippen molar-refractivity contribution in [1.82, 2.24) is 15.2 Å². The maximum absolute atomic E-state index is 12.5. The van der Waals surface area contributed by atoms with Crippen LogP contribution in [0.25, 0.3) is 0 Å². The minimum atomic E-state index is -0.123. The van der Waals surface area contributed by atoms with E-state index in [0.717, 1.165) is 52.6 Å². The minimum absolute atomic E-state index is 0.123. The smallest absolute Gasteiger partial charge is 0.230 e. The Morgan fingerprint density at radius 2 is 2.06 bits per heavy atom. The van der Waals surface area contributed by atoms with Gasteiger partial charge in [0.25, 0.3) is 0 Å². The lowest BCUT2D eigenvalue weighted by atomic mass is 10.1. The van der Waals surface area contributed by atoms with Crippen molar-refractivity contribution in [1.29, 1.82) is 0 Å². The van der Waals surface area contributed by atoms with Crippen LogP contribution in [0.3, 0.4) is 0 Å². The number of carbonyl (C=O) groups is 1. The number of benzene rings is 1. The molecule has 1 aromatic carbocycles. The maximum Gasteiger partial charge on any atom is 0.230 e. The molecule has 1 aliphatic rings. The molecule has 1 saturated heterocycles. The van der Waals surface area contributed by atoms with E-state index in [4.69, 9.17) is 21.3 Å². The summed E-state index contributed by atoms with van der Waals surface area (Å²) in [4.78, 5) is 21.0. The van der Waals surface area contributed by atoms with Gasteiger partial charge in [-0.15, -0.1) is 21.5 Å². The Kier molecular flexibility index (Phi) is 7.12. The summed E-state index contributed by atoms with van der Waals surface area (Å²) in [6, 6.07) is 3.88. The summed E-state index contributed by atoms with van der Waals surface area (Å²) in [6.07, 6.45) is 0. The number of aryl methyl sites for hydroxylation is 2. The van der Waals surface area contributed by atoms with Crippen LogP contribution in [-0.4, -0.2) is 47.4 Å². The second kappa shape index (κ2) is 9.83. The molecule has 3 heterocycles. The number of anilines is 3. The lowest BCUT2D eigenvalue weighted by molar-refractivity contribution is -0.115. The van der Waals surface area contributed by atoms with Gasteiger partial charge < -0.3 is 9.64 Å². The minimum Gasteiger partial charge on any atom is -0.378 e. The molecular formula is C20H22ClN5O2S3. The number of hydrogen-bond acceptors (Lipinski definition) is 9. The Morgan fingerprint density at radius 1 is 1.29 bits per heavy atom. The van der Waals surface area contributed by atoms with E-state index in [1.54, 1.807) is 28.0 Å². The summed E-state index contributed by atoms with van der Waals surface area (Å²) in [5, 5.41) is 12.7. The molecule has 0 N–H and O–H groups in total. The normalized spacial score (nSPS) is 14.1. The van der Waals surface area contributed by atoms with Gasteiger partial charge in [-0.25, -0.2) is 4.98 Å². The monoisotopic (exact) mass is 495 g/mol. The Balaban J connectivity index is 1.47. The van der Waals surface area contributed by atoms with Gasteiger partial charge in [0.2, 0.25) is 11.0 Å². The number of amides is 1. The number of thioether (sulfide) groups is 1. The van der Waals surface area contributed by atoms with Gasteiger partial charge in [0, 0.05) is 31.1 Å². The third-order valence-electron chi connectivity index (χ3n) is 4.69. The highest BCUT2D eigenvalue weighted by Crippen LogP contribution is 2.38. The molecule has 31 heavy (non-hydrogen) atoms. The van der Waals surface area contributed by atoms with Crippen LogP contribution in [0.1, 0.15) is 23.7 Å². The van der Waals surface area contributed by atoms with E-state index in [-0.39, 0.29) is 5.91 Å². The van der Waals surface area contributed by atoms with E-state index >= 15 is 0 Å². The lowest BCUT2D eigenvalue weighted by Crippen LogP contribution is -2.36. The van der Waals surface area contributed by atoms with Crippen molar-refractivity contribution in [2.24, 2.45) is 0 Å². The fourth-order valence-electron chi connectivity index (χ4n) is 3.32. The largest absolute Gasteiger partial charge is 0.378 e. The topological polar surface area (TPSA) is 71.5 Å². The molecule has 2 aromatic heterocycles. The number of aromatic nitrogens is 3. The molecule has 0 saturated carbocycles. The second-order valence-corrected chi connectivity index (χ2v) is 10.5. The van der Waals surface area contributed by atoms with Gasteiger partial charge >= 0.3 is 0 Å². The summed E-state index contributed by atoms with van der Waals surface area (Å²) >= 11 is 11.1. The molecule has 0 spiro atoms. The number of halogens is 1. The van der Waals surface area contributed by atoms with E-state index in [1.165, 1.54) is 18.3 Å². The Morgan fingerprint density at radius 3 is 2.77 bits per heavy atom. The molecule has 4 rings (SSSR count). The van der Waals surface area contributed by atoms with Gasteiger partial charge in [-0.05, 0) is 31.0 Å². The van der Waals surface area contributed by atoms with Gasteiger partial charge in [-0.3, -0.25) is 9.69 Å². The molecule has 0 aliphatic carbocycles. The number of rotatable bonds is 6. The summed E-state index contributed by atoms with van der Waals surface area (Å²) < 4.78 is 6.29. The predicted octanol–water partition coefficient (Wildman–Crippen LogP) is 5.08. The molecule has 1 aliphatic heterocycles. The van der Waals surface area contributed by atoms with Gasteiger partial charge in [0.15, 0.2) is 9.47 Å². The van der Waals surface area contributed by atoms with Crippen LogP contribution in [0.15, 0.2) is 21.9 Å². The summed E-state index contributed by atoms with van der Waals surface area (Å²) in [5.74, 6) is 0.530. The first kappa shape index (κ1) is 22.5. The van der Waals surface area contributed by atoms with Gasteiger partial charge in [0.05, 0.1) is 29.6 Å². The van der Waals surface area contributed by atoms with Crippen LogP contribution in [0, 0.1) is 13.8 Å². The Hall–Kier alpha value is -1.72. The van der Waals surface area contributed by atoms with E-state index in [9.17, 15) is 4.79 Å². The quantitative estimate of drug-likeness (QED) is 0.441. The van der Waals surface area contributed by atoms with Crippen LogP contribution in [-0.2, 0) is 15.3 Å². The van der Waals surface area contributed by atoms with Gasteiger partial charge in [-0.2, -0.15) is 0 Å². The molecule has 7 nitrogen and oxygen atoms in total. The molecule has 164 valence electrons. The van der Waals surface area contributed by atoms with Crippen molar-refractivity contribution in [2.75, 3.05) is 36.1 Å². The Bertz CT molecular complexity index is 1060. The molecule has 1 fully saturated rings. The van der Waals surface area contributed by atoms with Crippen molar-refractivity contribution in [3.05, 3.63) is 39.4 Å². The number of thiazole rings is 1. The summed E-state index contributed by atoms with van der Waals surface area (Å²) in [5.41, 5.74) is 3.57. The van der Waals surface area contributed by atoms with Crippen molar-refractivity contribution in [2.45, 2.75) is 30.9 Å². The first-order valence-corrected chi connectivity index (χ1v) is 12.8. The van der Waals surface area contributed by atoms with Crippen LogP contribution < -0.4 is 9.80 Å². The van der Waals surface area contributed by atoms with Crippen molar-refractivity contribution < 1.29 is 9.53 Å². The van der Waals surface area contributed by atoms with Crippen LogP contribution in [0.2, 0.25) is 5.02 Å². The molecular weight excluding hydrogens is 474 g/mol. The maximum atomic E-state index is 12.5. The third kappa shape index (κ3) is 5.20. The van der Waals surface area contributed by atoms with Crippen molar-refractivity contribution >= 4 is 67.9 Å². The fourth-order valence-corrected chi connectivity index (χ4v) is 6.49. The second-order valence-electron chi connectivity index (χ2n) is 7.13. The number of hydrogen-bond donors (Lipinski definition) is 0. The summed E-state index contributed by atoms with van der Waals surface area (Å²) in [7, 11) is 0. The van der Waals surface area contributed by atoms with E-state index in [0.29, 0.717) is 21.6 Å². The molecule has 3 aromatic rings. The van der Waals surface area contributed by atoms with Crippen LogP contribution in [0.4, 0.5) is 16.0 Å². The molecule has 0 radical (unpaired) electrons. The SMILES string of the molecule is CC(=O)N(c1nc(CSc2nnc(N3CCOCC3)s2)cs1)c1c(C)cc(C)cc1Cl. The molecule has 11 heteroatoms. The van der Waals surface area contributed by atoms with Gasteiger partial charge in [0.1, 0.15) is 0 Å². The number of ether oxygens (including phenoxy) is 1.